The maximum Gasteiger partial charge on any atom is 0.0511 e. The molecule has 0 aliphatic heterocycles. The van der Waals surface area contributed by atoms with Crippen molar-refractivity contribution in [3.05, 3.63) is 64.2 Å². The van der Waals surface area contributed by atoms with Crippen molar-refractivity contribution < 1.29 is 0 Å². The first-order valence-electron chi connectivity index (χ1n) is 6.66. The van der Waals surface area contributed by atoms with E-state index in [1.807, 2.05) is 12.1 Å². The molecule has 0 radical (unpaired) electrons. The molecule has 0 bridgehead atoms. The molecule has 1 atom stereocenters. The fraction of sp³-hybridized carbons (Fsp3) is 0.294. The normalized spacial score (nSPS) is 12.2. The van der Waals surface area contributed by atoms with Gasteiger partial charge in [0.15, 0.2) is 0 Å². The van der Waals surface area contributed by atoms with Gasteiger partial charge in [-0.15, -0.1) is 0 Å². The van der Waals surface area contributed by atoms with E-state index >= 15 is 0 Å². The van der Waals surface area contributed by atoms with Crippen molar-refractivity contribution in [2.45, 2.75) is 25.2 Å². The molecule has 2 aromatic carbocycles. The van der Waals surface area contributed by atoms with Crippen molar-refractivity contribution in [1.82, 2.24) is 0 Å². The van der Waals surface area contributed by atoms with E-state index in [-0.39, 0.29) is 0 Å². The Balaban J connectivity index is 2.26. The highest BCUT2D eigenvalue weighted by Crippen LogP contribution is 2.29. The summed E-state index contributed by atoms with van der Waals surface area (Å²) in [5.74, 6) is 0. The largest absolute Gasteiger partial charge is 0.368 e. The molecule has 106 valence electrons. The van der Waals surface area contributed by atoms with Gasteiger partial charge in [0.1, 0.15) is 0 Å². The molecule has 0 aliphatic rings. The van der Waals surface area contributed by atoms with Gasteiger partial charge in [-0.1, -0.05) is 51.8 Å². The van der Waals surface area contributed by atoms with Crippen molar-refractivity contribution >= 4 is 33.2 Å². The number of hydrogen-bond acceptors (Lipinski definition) is 1. The Morgan fingerprint density at radius 1 is 1.15 bits per heavy atom. The van der Waals surface area contributed by atoms with Gasteiger partial charge in [0, 0.05) is 23.1 Å². The Morgan fingerprint density at radius 2 is 1.80 bits per heavy atom. The molecule has 0 amide bonds. The van der Waals surface area contributed by atoms with E-state index in [9.17, 15) is 0 Å². The molecule has 2 aromatic rings. The van der Waals surface area contributed by atoms with Gasteiger partial charge < -0.3 is 4.90 Å². The van der Waals surface area contributed by atoms with E-state index < -0.39 is 0 Å². The summed E-state index contributed by atoms with van der Waals surface area (Å²) in [4.78, 5) is 2.30. The maximum absolute atomic E-state index is 5.95. The van der Waals surface area contributed by atoms with Crippen LogP contribution in [-0.2, 0) is 5.33 Å². The Labute approximate surface area is 134 Å². The molecule has 0 saturated heterocycles. The number of halogens is 2. The number of nitrogens with zero attached hydrogens (tertiary/aromatic N) is 1. The van der Waals surface area contributed by atoms with Gasteiger partial charge in [-0.2, -0.15) is 0 Å². The molecule has 2 rings (SSSR count). The van der Waals surface area contributed by atoms with Gasteiger partial charge in [-0.25, -0.2) is 0 Å². The summed E-state index contributed by atoms with van der Waals surface area (Å²) in [5, 5.41) is 1.67. The van der Waals surface area contributed by atoms with Crippen LogP contribution in [0, 0.1) is 6.92 Å². The van der Waals surface area contributed by atoms with Crippen LogP contribution in [0.3, 0.4) is 0 Å². The van der Waals surface area contributed by atoms with Gasteiger partial charge in [-0.05, 0) is 48.7 Å². The van der Waals surface area contributed by atoms with Crippen LogP contribution in [0.4, 0.5) is 5.69 Å². The molecule has 0 heterocycles. The third-order valence-corrected chi connectivity index (χ3v) is 4.63. The number of benzene rings is 2. The number of anilines is 1. The molecule has 3 heteroatoms. The zero-order chi connectivity index (χ0) is 14.7. The Bertz CT molecular complexity index is 580. The molecule has 0 spiro atoms. The quantitative estimate of drug-likeness (QED) is 0.634. The lowest BCUT2D eigenvalue weighted by atomic mass is 10.0. The van der Waals surface area contributed by atoms with Crippen molar-refractivity contribution in [2.24, 2.45) is 0 Å². The highest BCUT2D eigenvalue weighted by Gasteiger charge is 2.14. The summed E-state index contributed by atoms with van der Waals surface area (Å²) in [7, 11) is 2.13. The van der Waals surface area contributed by atoms with Gasteiger partial charge in [0.2, 0.25) is 0 Å². The zero-order valence-electron chi connectivity index (χ0n) is 12.0. The van der Waals surface area contributed by atoms with E-state index in [2.05, 4.69) is 72.1 Å². The van der Waals surface area contributed by atoms with Gasteiger partial charge in [0.25, 0.3) is 0 Å². The second-order valence-corrected chi connectivity index (χ2v) is 6.09. The topological polar surface area (TPSA) is 3.24 Å². The van der Waals surface area contributed by atoms with E-state index in [1.165, 1.54) is 22.4 Å². The first-order chi connectivity index (χ1) is 9.52. The maximum atomic E-state index is 5.95. The number of rotatable bonds is 4. The molecule has 0 aromatic heterocycles. The lowest BCUT2D eigenvalue weighted by molar-refractivity contribution is 0.737. The molecule has 20 heavy (non-hydrogen) atoms. The molecular weight excluding hydrogens is 334 g/mol. The summed E-state index contributed by atoms with van der Waals surface area (Å²) >= 11 is 9.45. The smallest absolute Gasteiger partial charge is 0.0511 e. The van der Waals surface area contributed by atoms with Crippen LogP contribution in [0.25, 0.3) is 0 Å². The summed E-state index contributed by atoms with van der Waals surface area (Å²) in [6, 6.07) is 15.0. The average Bonchev–Trinajstić information content (AvgIpc) is 2.46. The zero-order valence-corrected chi connectivity index (χ0v) is 14.4. The minimum absolute atomic E-state index is 0.306. The number of alkyl halides is 1. The molecule has 0 fully saturated rings. The van der Waals surface area contributed by atoms with E-state index in [4.69, 9.17) is 11.6 Å². The van der Waals surface area contributed by atoms with Crippen LogP contribution in [0.1, 0.15) is 29.7 Å². The Kier molecular flexibility index (Phi) is 5.11. The second-order valence-electron chi connectivity index (χ2n) is 5.09. The minimum atomic E-state index is 0.306. The third-order valence-electron chi connectivity index (χ3n) is 3.73. The predicted octanol–water partition coefficient (Wildman–Crippen LogP) is 5.74. The van der Waals surface area contributed by atoms with Crippen LogP contribution >= 0.6 is 27.5 Å². The second kappa shape index (κ2) is 6.64. The summed E-state index contributed by atoms with van der Waals surface area (Å²) in [5.41, 5.74) is 5.13. The standard InChI is InChI=1S/C17H19BrClN/c1-12-10-14(11-18)4-9-17(12)20(3)13(2)15-5-7-16(19)8-6-15/h4-10,13H,11H2,1-3H3. The first-order valence-corrected chi connectivity index (χ1v) is 8.16. The minimum Gasteiger partial charge on any atom is -0.368 e. The molecule has 0 saturated carbocycles. The first kappa shape index (κ1) is 15.4. The average molecular weight is 353 g/mol. The van der Waals surface area contributed by atoms with Crippen LogP contribution in [0.15, 0.2) is 42.5 Å². The number of aryl methyl sites for hydroxylation is 1. The lowest BCUT2D eigenvalue weighted by Crippen LogP contribution is -2.22. The predicted molar refractivity (Wildman–Crippen MR) is 92.1 cm³/mol. The molecule has 1 nitrogen and oxygen atoms in total. The van der Waals surface area contributed by atoms with Crippen molar-refractivity contribution in [2.75, 3.05) is 11.9 Å². The van der Waals surface area contributed by atoms with Crippen LogP contribution < -0.4 is 4.90 Å². The van der Waals surface area contributed by atoms with Crippen molar-refractivity contribution in [3.8, 4) is 0 Å². The molecule has 0 aliphatic carbocycles. The molecule has 0 N–H and O–H groups in total. The van der Waals surface area contributed by atoms with Crippen LogP contribution in [0.2, 0.25) is 5.02 Å². The summed E-state index contributed by atoms with van der Waals surface area (Å²) in [6.07, 6.45) is 0. The SMILES string of the molecule is Cc1cc(CBr)ccc1N(C)C(C)c1ccc(Cl)cc1. The fourth-order valence-corrected chi connectivity index (χ4v) is 2.84. The monoisotopic (exact) mass is 351 g/mol. The lowest BCUT2D eigenvalue weighted by Gasteiger charge is -2.29. The Morgan fingerprint density at radius 3 is 2.35 bits per heavy atom. The van der Waals surface area contributed by atoms with Crippen molar-refractivity contribution in [3.63, 3.8) is 0 Å². The van der Waals surface area contributed by atoms with Crippen LogP contribution in [0.5, 0.6) is 0 Å². The highest BCUT2D eigenvalue weighted by molar-refractivity contribution is 9.08. The molecule has 1 unspecified atom stereocenters. The number of hydrogen-bond donors (Lipinski definition) is 0. The van der Waals surface area contributed by atoms with Crippen molar-refractivity contribution in [1.29, 1.82) is 0 Å². The van der Waals surface area contributed by atoms with E-state index in [0.717, 1.165) is 10.4 Å². The fourth-order valence-electron chi connectivity index (χ4n) is 2.37. The highest BCUT2D eigenvalue weighted by atomic mass is 79.9. The Hall–Kier alpha value is -0.990. The summed E-state index contributed by atoms with van der Waals surface area (Å²) < 4.78 is 0. The van der Waals surface area contributed by atoms with Crippen LogP contribution in [-0.4, -0.2) is 7.05 Å². The van der Waals surface area contributed by atoms with Gasteiger partial charge in [-0.3, -0.25) is 0 Å². The van der Waals surface area contributed by atoms with Gasteiger partial charge in [0.05, 0.1) is 6.04 Å². The third kappa shape index (κ3) is 3.36. The van der Waals surface area contributed by atoms with E-state index in [1.54, 1.807) is 0 Å². The van der Waals surface area contributed by atoms with Gasteiger partial charge >= 0.3 is 0 Å². The molecular formula is C17H19BrClN. The van der Waals surface area contributed by atoms with E-state index in [0.29, 0.717) is 6.04 Å². The summed E-state index contributed by atoms with van der Waals surface area (Å²) in [6.45, 7) is 4.37.